The molecule has 0 bridgehead atoms. The highest BCUT2D eigenvalue weighted by molar-refractivity contribution is 5.71. The molecule has 466 valence electrons. The summed E-state index contributed by atoms with van der Waals surface area (Å²) in [6, 6.07) is 0. The summed E-state index contributed by atoms with van der Waals surface area (Å²) in [4.78, 5) is 38.4. The third-order valence-corrected chi connectivity index (χ3v) is 16.4. The van der Waals surface area contributed by atoms with Gasteiger partial charge in [0.15, 0.2) is 6.10 Å². The van der Waals surface area contributed by atoms with E-state index < -0.39 is 6.10 Å². The van der Waals surface area contributed by atoms with E-state index in [1.54, 1.807) is 0 Å². The maximum absolute atomic E-state index is 12.9. The molecule has 1 atom stereocenters. The van der Waals surface area contributed by atoms with E-state index in [1.807, 2.05) is 0 Å². The molecule has 0 heterocycles. The molecule has 0 aromatic carbocycles. The van der Waals surface area contributed by atoms with Gasteiger partial charge in [-0.25, -0.2) is 0 Å². The van der Waals surface area contributed by atoms with Crippen LogP contribution in [0.25, 0.3) is 0 Å². The van der Waals surface area contributed by atoms with Gasteiger partial charge in [0.25, 0.3) is 0 Å². The van der Waals surface area contributed by atoms with Crippen molar-refractivity contribution in [3.63, 3.8) is 0 Å². The lowest BCUT2D eigenvalue weighted by atomic mass is 10.0. The summed E-state index contributed by atoms with van der Waals surface area (Å²) < 4.78 is 17.0. The monoisotopic (exact) mass is 1110 g/mol. The Balaban J connectivity index is 4.18. The van der Waals surface area contributed by atoms with Gasteiger partial charge in [-0.3, -0.25) is 14.4 Å². The second-order valence-corrected chi connectivity index (χ2v) is 24.5. The fraction of sp³-hybridized carbons (Fsp3) is 0.904. The molecular formula is C73H138O6. The van der Waals surface area contributed by atoms with Crippen LogP contribution in [0.15, 0.2) is 24.3 Å². The van der Waals surface area contributed by atoms with Gasteiger partial charge in [0.1, 0.15) is 13.2 Å². The average molecular weight is 1110 g/mol. The number of hydrogen-bond acceptors (Lipinski definition) is 6. The highest BCUT2D eigenvalue weighted by Crippen LogP contribution is 2.19. The van der Waals surface area contributed by atoms with Crippen molar-refractivity contribution in [3.8, 4) is 0 Å². The van der Waals surface area contributed by atoms with Crippen molar-refractivity contribution in [2.45, 2.75) is 412 Å². The van der Waals surface area contributed by atoms with E-state index in [4.69, 9.17) is 14.2 Å². The zero-order chi connectivity index (χ0) is 57.1. The molecule has 0 aromatic heterocycles. The Hall–Kier alpha value is -2.11. The van der Waals surface area contributed by atoms with Crippen LogP contribution in [0.5, 0.6) is 0 Å². The summed E-state index contributed by atoms with van der Waals surface area (Å²) >= 11 is 0. The Labute approximate surface area is 493 Å². The topological polar surface area (TPSA) is 78.9 Å². The van der Waals surface area contributed by atoms with Gasteiger partial charge in [-0.1, -0.05) is 340 Å². The normalized spacial score (nSPS) is 12.1. The second kappa shape index (κ2) is 68.4. The van der Waals surface area contributed by atoms with E-state index in [0.29, 0.717) is 19.3 Å². The van der Waals surface area contributed by atoms with Gasteiger partial charge >= 0.3 is 17.9 Å². The SMILES string of the molecule is CCCCCCC/C=C\CCCCCCCC(=O)OCC(COC(=O)CCCCCCCCCCCCCCCCCCC/C=C\CCCCCCCCCC)OC(=O)CCCCCCCCCCCCCCCCCCCC. The van der Waals surface area contributed by atoms with E-state index in [1.165, 1.54) is 302 Å². The molecular weight excluding hydrogens is 973 g/mol. The molecule has 0 fully saturated rings. The highest BCUT2D eigenvalue weighted by atomic mass is 16.6. The van der Waals surface area contributed by atoms with Gasteiger partial charge in [-0.2, -0.15) is 0 Å². The second-order valence-electron chi connectivity index (χ2n) is 24.5. The molecule has 1 unspecified atom stereocenters. The van der Waals surface area contributed by atoms with Crippen LogP contribution in [0.2, 0.25) is 0 Å². The van der Waals surface area contributed by atoms with Crippen LogP contribution in [0.3, 0.4) is 0 Å². The predicted octanol–water partition coefficient (Wildman–Crippen LogP) is 24.6. The van der Waals surface area contributed by atoms with Gasteiger partial charge in [-0.05, 0) is 70.6 Å². The summed E-state index contributed by atoms with van der Waals surface area (Å²) in [6.07, 6.45) is 83.6. The van der Waals surface area contributed by atoms with E-state index in [2.05, 4.69) is 45.1 Å². The van der Waals surface area contributed by atoms with Gasteiger partial charge in [0.05, 0.1) is 0 Å². The molecule has 6 nitrogen and oxygen atoms in total. The minimum atomic E-state index is -0.771. The molecule has 0 N–H and O–H groups in total. The number of allylic oxidation sites excluding steroid dienone is 4. The first-order chi connectivity index (χ1) is 39.0. The molecule has 0 radical (unpaired) electrons. The molecule has 0 aliphatic carbocycles. The van der Waals surface area contributed by atoms with Crippen LogP contribution in [0, 0.1) is 0 Å². The summed E-state index contributed by atoms with van der Waals surface area (Å²) in [6.45, 7) is 6.71. The number of carbonyl (C=O) groups is 3. The van der Waals surface area contributed by atoms with Gasteiger partial charge in [0.2, 0.25) is 0 Å². The minimum Gasteiger partial charge on any atom is -0.462 e. The first kappa shape index (κ1) is 76.9. The predicted molar refractivity (Wildman–Crippen MR) is 344 cm³/mol. The standard InChI is InChI=1S/C73H138O6/c1-4-7-10-13-16-19-22-25-28-30-32-33-34-35-36-37-38-39-40-41-42-44-45-48-51-54-57-60-63-66-72(75)78-69-70(68-77-71(74)65-62-59-56-53-50-47-27-24-21-18-15-12-9-6-3)79-73(76)67-64-61-58-55-52-49-46-43-31-29-26-23-20-17-14-11-8-5-2/h24,27,30,32,70H,4-23,25-26,28-29,31,33-69H2,1-3H3/b27-24-,32-30-. The maximum Gasteiger partial charge on any atom is 0.306 e. The molecule has 0 saturated carbocycles. The smallest absolute Gasteiger partial charge is 0.306 e. The lowest BCUT2D eigenvalue weighted by Crippen LogP contribution is -2.30. The Bertz CT molecular complexity index is 1270. The zero-order valence-corrected chi connectivity index (χ0v) is 53.7. The third kappa shape index (κ3) is 66.6. The molecule has 0 rings (SSSR count). The molecule has 0 saturated heterocycles. The Morgan fingerprint density at radius 3 is 0.633 bits per heavy atom. The third-order valence-electron chi connectivity index (χ3n) is 16.4. The average Bonchev–Trinajstić information content (AvgIpc) is 3.45. The summed E-state index contributed by atoms with van der Waals surface area (Å²) in [5.74, 6) is -0.844. The minimum absolute atomic E-state index is 0.0674. The number of carbonyl (C=O) groups excluding carboxylic acids is 3. The number of esters is 3. The molecule has 0 amide bonds. The first-order valence-corrected chi connectivity index (χ1v) is 35.8. The van der Waals surface area contributed by atoms with Crippen molar-refractivity contribution in [1.29, 1.82) is 0 Å². The lowest BCUT2D eigenvalue weighted by molar-refractivity contribution is -0.167. The molecule has 79 heavy (non-hydrogen) atoms. The zero-order valence-electron chi connectivity index (χ0n) is 53.7. The maximum atomic E-state index is 12.9. The molecule has 6 heteroatoms. The summed E-state index contributed by atoms with van der Waals surface area (Å²) in [7, 11) is 0. The first-order valence-electron chi connectivity index (χ1n) is 35.8. The number of unbranched alkanes of at least 4 members (excludes halogenated alkanes) is 52. The Kier molecular flexibility index (Phi) is 66.6. The van der Waals surface area contributed by atoms with Gasteiger partial charge in [-0.15, -0.1) is 0 Å². The number of hydrogen-bond donors (Lipinski definition) is 0. The fourth-order valence-electron chi connectivity index (χ4n) is 11.0. The largest absolute Gasteiger partial charge is 0.462 e. The van der Waals surface area contributed by atoms with Crippen LogP contribution in [0.1, 0.15) is 406 Å². The summed E-state index contributed by atoms with van der Waals surface area (Å²) in [5, 5.41) is 0. The van der Waals surface area contributed by atoms with Crippen LogP contribution in [-0.4, -0.2) is 37.2 Å². The van der Waals surface area contributed by atoms with Crippen molar-refractivity contribution in [1.82, 2.24) is 0 Å². The van der Waals surface area contributed by atoms with E-state index in [0.717, 1.165) is 64.2 Å². The van der Waals surface area contributed by atoms with Crippen molar-refractivity contribution in [3.05, 3.63) is 24.3 Å². The van der Waals surface area contributed by atoms with Gasteiger partial charge < -0.3 is 14.2 Å². The molecule has 0 aromatic rings. The van der Waals surface area contributed by atoms with Gasteiger partial charge in [0, 0.05) is 19.3 Å². The van der Waals surface area contributed by atoms with Crippen molar-refractivity contribution < 1.29 is 28.6 Å². The van der Waals surface area contributed by atoms with Crippen molar-refractivity contribution in [2.75, 3.05) is 13.2 Å². The Morgan fingerprint density at radius 1 is 0.241 bits per heavy atom. The van der Waals surface area contributed by atoms with E-state index >= 15 is 0 Å². The van der Waals surface area contributed by atoms with Crippen LogP contribution < -0.4 is 0 Å². The van der Waals surface area contributed by atoms with Crippen LogP contribution in [-0.2, 0) is 28.6 Å². The Morgan fingerprint density at radius 2 is 0.418 bits per heavy atom. The number of rotatable bonds is 67. The fourth-order valence-corrected chi connectivity index (χ4v) is 11.0. The lowest BCUT2D eigenvalue weighted by Gasteiger charge is -2.18. The van der Waals surface area contributed by atoms with E-state index in [9.17, 15) is 14.4 Å². The van der Waals surface area contributed by atoms with Crippen molar-refractivity contribution in [2.24, 2.45) is 0 Å². The quantitative estimate of drug-likeness (QED) is 0.0261. The van der Waals surface area contributed by atoms with Crippen LogP contribution >= 0.6 is 0 Å². The summed E-state index contributed by atoms with van der Waals surface area (Å²) in [5.41, 5.74) is 0. The van der Waals surface area contributed by atoms with E-state index in [-0.39, 0.29) is 31.1 Å². The van der Waals surface area contributed by atoms with Crippen molar-refractivity contribution >= 4 is 17.9 Å². The number of ether oxygens (including phenoxy) is 3. The molecule has 0 spiro atoms. The highest BCUT2D eigenvalue weighted by Gasteiger charge is 2.19. The molecule has 0 aliphatic rings. The van der Waals surface area contributed by atoms with Crippen LogP contribution in [0.4, 0.5) is 0 Å². The molecule has 0 aliphatic heterocycles.